The van der Waals surface area contributed by atoms with E-state index in [4.69, 9.17) is 4.99 Å². The maximum atomic E-state index is 9.64. The van der Waals surface area contributed by atoms with Crippen molar-refractivity contribution in [2.75, 3.05) is 6.54 Å². The Morgan fingerprint density at radius 1 is 1.19 bits per heavy atom. The van der Waals surface area contributed by atoms with Crippen LogP contribution in [0.15, 0.2) is 48.0 Å². The zero-order chi connectivity index (χ0) is 18.2. The molecule has 6 nitrogen and oxygen atoms in total. The van der Waals surface area contributed by atoms with Crippen LogP contribution in [-0.2, 0) is 13.1 Å². The minimum atomic E-state index is -0.131. The van der Waals surface area contributed by atoms with Gasteiger partial charge in [0.25, 0.3) is 0 Å². The van der Waals surface area contributed by atoms with Crippen LogP contribution in [0.3, 0.4) is 0 Å². The largest absolute Gasteiger partial charge is 0.393 e. The predicted molar refractivity (Wildman–Crippen MR) is 104 cm³/mol. The van der Waals surface area contributed by atoms with E-state index >= 15 is 0 Å². The molecule has 1 fully saturated rings. The van der Waals surface area contributed by atoms with Gasteiger partial charge >= 0.3 is 0 Å². The number of hydrogen-bond donors (Lipinski definition) is 3. The molecular formula is C20H29N5O. The van der Waals surface area contributed by atoms with Crippen LogP contribution in [0, 0.1) is 0 Å². The highest BCUT2D eigenvalue weighted by Gasteiger charge is 2.19. The molecule has 1 aromatic carbocycles. The lowest BCUT2D eigenvalue weighted by molar-refractivity contribution is 0.120. The number of nitrogens with one attached hydrogen (secondary N) is 2. The van der Waals surface area contributed by atoms with Crippen LogP contribution in [0.25, 0.3) is 0 Å². The highest BCUT2D eigenvalue weighted by molar-refractivity contribution is 5.80. The molecule has 1 aliphatic rings. The molecule has 0 bridgehead atoms. The monoisotopic (exact) mass is 355 g/mol. The van der Waals surface area contributed by atoms with E-state index in [0.29, 0.717) is 12.6 Å². The second kappa shape index (κ2) is 9.38. The average Bonchev–Trinajstić information content (AvgIpc) is 3.16. The molecule has 0 amide bonds. The van der Waals surface area contributed by atoms with Gasteiger partial charge in [-0.2, -0.15) is 0 Å². The summed E-state index contributed by atoms with van der Waals surface area (Å²) in [5.41, 5.74) is 2.44. The number of aliphatic hydroxyl groups is 1. The topological polar surface area (TPSA) is 74.5 Å². The molecule has 1 heterocycles. The van der Waals surface area contributed by atoms with E-state index in [1.807, 2.05) is 12.5 Å². The van der Waals surface area contributed by atoms with E-state index in [9.17, 15) is 5.11 Å². The summed E-state index contributed by atoms with van der Waals surface area (Å²) in [5.74, 6) is 0.858. The fourth-order valence-electron chi connectivity index (χ4n) is 3.25. The maximum Gasteiger partial charge on any atom is 0.191 e. The molecule has 0 unspecified atom stereocenters. The smallest absolute Gasteiger partial charge is 0.191 e. The van der Waals surface area contributed by atoms with Crippen LogP contribution >= 0.6 is 0 Å². The quantitative estimate of drug-likeness (QED) is 0.549. The van der Waals surface area contributed by atoms with Crippen molar-refractivity contribution in [2.24, 2.45) is 4.99 Å². The van der Waals surface area contributed by atoms with Gasteiger partial charge in [-0.1, -0.05) is 24.3 Å². The van der Waals surface area contributed by atoms with Crippen molar-refractivity contribution in [3.8, 4) is 0 Å². The molecule has 0 radical (unpaired) electrons. The molecule has 140 valence electrons. The van der Waals surface area contributed by atoms with Crippen molar-refractivity contribution in [1.82, 2.24) is 20.2 Å². The van der Waals surface area contributed by atoms with Crippen molar-refractivity contribution in [3.63, 3.8) is 0 Å². The van der Waals surface area contributed by atoms with Gasteiger partial charge in [-0.15, -0.1) is 0 Å². The molecule has 0 atom stereocenters. The van der Waals surface area contributed by atoms with Crippen LogP contribution in [0.2, 0.25) is 0 Å². The Morgan fingerprint density at radius 2 is 1.92 bits per heavy atom. The lowest BCUT2D eigenvalue weighted by Gasteiger charge is -2.27. The fourth-order valence-corrected chi connectivity index (χ4v) is 3.25. The molecule has 6 heteroatoms. The number of aliphatic imine (C=N–C) groups is 1. The first-order chi connectivity index (χ1) is 12.7. The molecule has 0 spiro atoms. The van der Waals surface area contributed by atoms with Gasteiger partial charge in [0.05, 0.1) is 19.0 Å². The molecule has 26 heavy (non-hydrogen) atoms. The first-order valence-corrected chi connectivity index (χ1v) is 9.49. The van der Waals surface area contributed by atoms with Crippen LogP contribution < -0.4 is 10.6 Å². The van der Waals surface area contributed by atoms with Crippen molar-refractivity contribution < 1.29 is 5.11 Å². The second-order valence-corrected chi connectivity index (χ2v) is 6.90. The number of nitrogens with zero attached hydrogens (tertiary/aromatic N) is 3. The number of hydrogen-bond acceptors (Lipinski definition) is 3. The standard InChI is InChI=1S/C20H29N5O/c1-2-22-20(24-18-7-9-19(26)10-8-18)23-13-16-3-5-17(6-4-16)14-25-12-11-21-15-25/h3-6,11-12,15,18-19,26H,2,7-10,13-14H2,1H3,(H2,22,23,24). The van der Waals surface area contributed by atoms with E-state index in [-0.39, 0.29) is 6.10 Å². The van der Waals surface area contributed by atoms with Gasteiger partial charge in [-0.05, 0) is 43.7 Å². The predicted octanol–water partition coefficient (Wildman–Crippen LogP) is 2.29. The molecule has 3 N–H and O–H groups in total. The normalized spacial score (nSPS) is 20.8. The molecule has 1 saturated carbocycles. The first kappa shape index (κ1) is 18.5. The summed E-state index contributed by atoms with van der Waals surface area (Å²) >= 11 is 0. The molecule has 2 aromatic rings. The highest BCUT2D eigenvalue weighted by atomic mass is 16.3. The summed E-state index contributed by atoms with van der Waals surface area (Å²) in [6.45, 7) is 4.40. The van der Waals surface area contributed by atoms with Gasteiger partial charge in [-0.25, -0.2) is 9.98 Å². The number of aliphatic hydroxyl groups excluding tert-OH is 1. The lowest BCUT2D eigenvalue weighted by atomic mass is 9.93. The summed E-state index contributed by atoms with van der Waals surface area (Å²) in [6, 6.07) is 8.96. The van der Waals surface area contributed by atoms with E-state index in [0.717, 1.165) is 44.7 Å². The molecule has 0 aliphatic heterocycles. The summed E-state index contributed by atoms with van der Waals surface area (Å²) in [6.07, 6.45) is 9.20. The Labute approximate surface area is 155 Å². The third kappa shape index (κ3) is 5.59. The number of imidazole rings is 1. The van der Waals surface area contributed by atoms with E-state index < -0.39 is 0 Å². The number of aromatic nitrogens is 2. The minimum absolute atomic E-state index is 0.131. The summed E-state index contributed by atoms with van der Waals surface area (Å²) in [4.78, 5) is 8.79. The molecule has 1 aliphatic carbocycles. The highest BCUT2D eigenvalue weighted by Crippen LogP contribution is 2.18. The van der Waals surface area contributed by atoms with Gasteiger partial charge in [0.15, 0.2) is 5.96 Å². The van der Waals surface area contributed by atoms with Crippen LogP contribution in [0.5, 0.6) is 0 Å². The average molecular weight is 355 g/mol. The lowest BCUT2D eigenvalue weighted by Crippen LogP contribution is -2.45. The van der Waals surface area contributed by atoms with Crippen molar-refractivity contribution in [3.05, 3.63) is 54.1 Å². The molecule has 3 rings (SSSR count). The molecular weight excluding hydrogens is 326 g/mol. The van der Waals surface area contributed by atoms with Crippen LogP contribution in [-0.4, -0.2) is 39.3 Å². The number of rotatable bonds is 6. The Hall–Kier alpha value is -2.34. The van der Waals surface area contributed by atoms with E-state index in [1.165, 1.54) is 11.1 Å². The zero-order valence-electron chi connectivity index (χ0n) is 15.4. The second-order valence-electron chi connectivity index (χ2n) is 6.90. The van der Waals surface area contributed by atoms with Gasteiger partial charge in [0.2, 0.25) is 0 Å². The summed E-state index contributed by atoms with van der Waals surface area (Å²) in [7, 11) is 0. The fraction of sp³-hybridized carbons (Fsp3) is 0.500. The Bertz CT molecular complexity index is 673. The van der Waals surface area contributed by atoms with Gasteiger partial charge < -0.3 is 20.3 Å². The van der Waals surface area contributed by atoms with Gasteiger partial charge in [0.1, 0.15) is 0 Å². The van der Waals surface area contributed by atoms with E-state index in [2.05, 4.69) is 51.4 Å². The Kier molecular flexibility index (Phi) is 6.66. The third-order valence-corrected chi connectivity index (χ3v) is 4.75. The summed E-state index contributed by atoms with van der Waals surface area (Å²) < 4.78 is 2.06. The number of guanidine groups is 1. The van der Waals surface area contributed by atoms with Crippen molar-refractivity contribution in [1.29, 1.82) is 0 Å². The first-order valence-electron chi connectivity index (χ1n) is 9.49. The number of benzene rings is 1. The van der Waals surface area contributed by atoms with E-state index in [1.54, 1.807) is 6.20 Å². The van der Waals surface area contributed by atoms with Gasteiger partial charge in [-0.3, -0.25) is 0 Å². The van der Waals surface area contributed by atoms with Crippen LogP contribution in [0.1, 0.15) is 43.7 Å². The summed E-state index contributed by atoms with van der Waals surface area (Å²) in [5, 5.41) is 16.5. The maximum absolute atomic E-state index is 9.64. The minimum Gasteiger partial charge on any atom is -0.393 e. The Balaban J connectivity index is 1.54. The van der Waals surface area contributed by atoms with Crippen molar-refractivity contribution in [2.45, 2.75) is 57.8 Å². The Morgan fingerprint density at radius 3 is 2.58 bits per heavy atom. The molecule has 0 saturated heterocycles. The van der Waals surface area contributed by atoms with Crippen LogP contribution in [0.4, 0.5) is 0 Å². The molecule has 1 aromatic heterocycles. The SMILES string of the molecule is CCNC(=NCc1ccc(Cn2ccnc2)cc1)NC1CCC(O)CC1. The zero-order valence-corrected chi connectivity index (χ0v) is 15.4. The third-order valence-electron chi connectivity index (χ3n) is 4.75. The van der Waals surface area contributed by atoms with Gasteiger partial charge in [0, 0.05) is 31.5 Å². The van der Waals surface area contributed by atoms with Crippen molar-refractivity contribution >= 4 is 5.96 Å².